The van der Waals surface area contributed by atoms with Gasteiger partial charge in [-0.1, -0.05) is 30.3 Å². The lowest BCUT2D eigenvalue weighted by molar-refractivity contribution is -0.127. The second-order valence-electron chi connectivity index (χ2n) is 6.61. The Bertz CT molecular complexity index is 1010. The van der Waals surface area contributed by atoms with E-state index >= 15 is 0 Å². The van der Waals surface area contributed by atoms with Crippen molar-refractivity contribution in [2.45, 2.75) is 19.4 Å². The minimum Gasteiger partial charge on any atom is -0.507 e. The quantitative estimate of drug-likeness (QED) is 0.728. The van der Waals surface area contributed by atoms with Crippen LogP contribution in [-0.2, 0) is 11.3 Å². The van der Waals surface area contributed by atoms with E-state index in [9.17, 15) is 14.7 Å². The molecule has 2 amide bonds. The maximum absolute atomic E-state index is 12.7. The Morgan fingerprint density at radius 1 is 1.19 bits per heavy atom. The minimum atomic E-state index is -0.390. The number of nitrogens with one attached hydrogen (secondary N) is 1. The van der Waals surface area contributed by atoms with Gasteiger partial charge in [-0.2, -0.15) is 5.10 Å². The van der Waals surface area contributed by atoms with Crippen molar-refractivity contribution in [1.82, 2.24) is 14.7 Å². The summed E-state index contributed by atoms with van der Waals surface area (Å²) >= 11 is 0. The number of carbonyl (C=O) groups is 2. The highest BCUT2D eigenvalue weighted by molar-refractivity contribution is 6.14. The number of nitrogens with zero attached hydrogens (tertiary/aromatic N) is 3. The van der Waals surface area contributed by atoms with Crippen LogP contribution in [0.3, 0.4) is 0 Å². The number of aromatic nitrogens is 2. The van der Waals surface area contributed by atoms with Crippen LogP contribution >= 0.6 is 0 Å². The van der Waals surface area contributed by atoms with Crippen LogP contribution in [0.4, 0.5) is 5.69 Å². The van der Waals surface area contributed by atoms with Gasteiger partial charge in [0.2, 0.25) is 5.91 Å². The molecule has 1 aromatic heterocycles. The first-order valence-corrected chi connectivity index (χ1v) is 8.94. The largest absolute Gasteiger partial charge is 0.507 e. The number of phenolic OH excluding ortho intramolecular Hbond substituents is 1. The molecule has 0 unspecified atom stereocenters. The summed E-state index contributed by atoms with van der Waals surface area (Å²) in [6, 6.07) is 10.7. The van der Waals surface area contributed by atoms with Gasteiger partial charge in [-0.25, -0.2) is 0 Å². The zero-order valence-corrected chi connectivity index (χ0v) is 14.8. The first kappa shape index (κ1) is 17.1. The lowest BCUT2D eigenvalue weighted by atomic mass is 10.0. The Morgan fingerprint density at radius 3 is 2.85 bits per heavy atom. The molecule has 4 rings (SSSR count). The van der Waals surface area contributed by atoms with E-state index in [4.69, 9.17) is 0 Å². The maximum atomic E-state index is 12.7. The summed E-state index contributed by atoms with van der Waals surface area (Å²) in [5, 5.41) is 18.8. The van der Waals surface area contributed by atoms with Crippen LogP contribution in [-0.4, -0.2) is 44.7 Å². The van der Waals surface area contributed by atoms with E-state index in [1.807, 2.05) is 23.1 Å². The van der Waals surface area contributed by atoms with Crippen molar-refractivity contribution in [1.29, 1.82) is 0 Å². The molecule has 0 aliphatic carbocycles. The average Bonchev–Trinajstić information content (AvgIpc) is 3.28. The van der Waals surface area contributed by atoms with Crippen LogP contribution in [0, 0.1) is 0 Å². The fraction of sp³-hybridized carbons (Fsp3) is 0.250. The molecule has 3 aromatic rings. The number of phenols is 1. The normalized spacial score (nSPS) is 14.1. The van der Waals surface area contributed by atoms with Gasteiger partial charge in [-0.05, 0) is 23.3 Å². The predicted octanol–water partition coefficient (Wildman–Crippen LogP) is 2.62. The summed E-state index contributed by atoms with van der Waals surface area (Å²) in [6.07, 6.45) is 4.81. The van der Waals surface area contributed by atoms with Crippen LogP contribution < -0.4 is 5.32 Å². The topological polar surface area (TPSA) is 87.5 Å². The second-order valence-corrected chi connectivity index (χ2v) is 6.61. The van der Waals surface area contributed by atoms with Gasteiger partial charge < -0.3 is 15.3 Å². The van der Waals surface area contributed by atoms with Crippen LogP contribution in [0.15, 0.2) is 48.8 Å². The number of carbonyl (C=O) groups excluding carboxylic acids is 2. The highest BCUT2D eigenvalue weighted by Gasteiger charge is 2.20. The summed E-state index contributed by atoms with van der Waals surface area (Å²) in [5.74, 6) is -0.271. The van der Waals surface area contributed by atoms with Crippen molar-refractivity contribution < 1.29 is 14.7 Å². The molecule has 2 aromatic carbocycles. The standard InChI is InChI=1S/C20H20N4O3/c25-17-8-7-14-4-1-2-5-16(14)19(17)20(27)22-15-12-21-24(13-15)11-10-23-9-3-6-18(23)26/h1-2,4-5,7-8,12-13,25H,3,6,9-11H2,(H,22,27). The number of amides is 2. The van der Waals surface area contributed by atoms with Crippen LogP contribution in [0.2, 0.25) is 0 Å². The van der Waals surface area contributed by atoms with E-state index in [-0.39, 0.29) is 17.2 Å². The van der Waals surface area contributed by atoms with Gasteiger partial charge in [0.15, 0.2) is 0 Å². The van der Waals surface area contributed by atoms with E-state index in [0.717, 1.165) is 18.4 Å². The van der Waals surface area contributed by atoms with Crippen molar-refractivity contribution in [3.63, 3.8) is 0 Å². The molecule has 2 N–H and O–H groups in total. The van der Waals surface area contributed by atoms with Crippen molar-refractivity contribution in [2.24, 2.45) is 0 Å². The molecule has 0 spiro atoms. The molecule has 1 saturated heterocycles. The van der Waals surface area contributed by atoms with Gasteiger partial charge in [-0.15, -0.1) is 0 Å². The molecule has 0 radical (unpaired) electrons. The molecule has 7 nitrogen and oxygen atoms in total. The Labute approximate surface area is 156 Å². The maximum Gasteiger partial charge on any atom is 0.260 e. The van der Waals surface area contributed by atoms with Crippen molar-refractivity contribution in [3.8, 4) is 5.75 Å². The predicted molar refractivity (Wildman–Crippen MR) is 102 cm³/mol. The van der Waals surface area contributed by atoms with Gasteiger partial charge in [-0.3, -0.25) is 14.3 Å². The summed E-state index contributed by atoms with van der Waals surface area (Å²) in [7, 11) is 0. The van der Waals surface area contributed by atoms with Crippen molar-refractivity contribution in [3.05, 3.63) is 54.4 Å². The Morgan fingerprint density at radius 2 is 2.04 bits per heavy atom. The molecule has 0 saturated carbocycles. The third-order valence-corrected chi connectivity index (χ3v) is 4.80. The second kappa shape index (κ2) is 7.11. The number of likely N-dealkylation sites (tertiary alicyclic amines) is 1. The third-order valence-electron chi connectivity index (χ3n) is 4.80. The Balaban J connectivity index is 1.47. The van der Waals surface area contributed by atoms with Crippen LogP contribution in [0.5, 0.6) is 5.75 Å². The smallest absolute Gasteiger partial charge is 0.260 e. The molecule has 0 atom stereocenters. The molecule has 27 heavy (non-hydrogen) atoms. The SMILES string of the molecule is O=C(Nc1cnn(CCN2CCCC2=O)c1)c1c(O)ccc2ccccc12. The van der Waals surface area contributed by atoms with Crippen molar-refractivity contribution >= 4 is 28.3 Å². The first-order chi connectivity index (χ1) is 13.1. The fourth-order valence-corrected chi connectivity index (χ4v) is 3.41. The summed E-state index contributed by atoms with van der Waals surface area (Å²) in [6.45, 7) is 1.98. The van der Waals surface area contributed by atoms with Gasteiger partial charge in [0.25, 0.3) is 5.91 Å². The van der Waals surface area contributed by atoms with E-state index in [0.29, 0.717) is 30.6 Å². The van der Waals surface area contributed by atoms with Crippen LogP contribution in [0.1, 0.15) is 23.2 Å². The lowest BCUT2D eigenvalue weighted by Crippen LogP contribution is -2.28. The number of anilines is 1. The number of hydrogen-bond acceptors (Lipinski definition) is 4. The molecule has 0 bridgehead atoms. The number of benzene rings is 2. The summed E-state index contributed by atoms with van der Waals surface area (Å²) in [4.78, 5) is 26.2. The monoisotopic (exact) mass is 364 g/mol. The van der Waals surface area contributed by atoms with Crippen molar-refractivity contribution in [2.75, 3.05) is 18.4 Å². The molecule has 1 aliphatic rings. The van der Waals surface area contributed by atoms with E-state index in [1.165, 1.54) is 6.07 Å². The van der Waals surface area contributed by atoms with Gasteiger partial charge >= 0.3 is 0 Å². The highest BCUT2D eigenvalue weighted by Crippen LogP contribution is 2.27. The van der Waals surface area contributed by atoms with E-state index in [1.54, 1.807) is 29.2 Å². The van der Waals surface area contributed by atoms with Crippen LogP contribution in [0.25, 0.3) is 10.8 Å². The highest BCUT2D eigenvalue weighted by atomic mass is 16.3. The molecule has 138 valence electrons. The Hall–Kier alpha value is -3.35. The minimum absolute atomic E-state index is 0.0638. The molecule has 1 aliphatic heterocycles. The molecular formula is C20H20N4O3. The molecule has 1 fully saturated rings. The first-order valence-electron chi connectivity index (χ1n) is 8.94. The van der Waals surface area contributed by atoms with Gasteiger partial charge in [0, 0.05) is 25.7 Å². The average molecular weight is 364 g/mol. The number of aromatic hydroxyl groups is 1. The van der Waals surface area contributed by atoms with E-state index < -0.39 is 5.91 Å². The van der Waals surface area contributed by atoms with Gasteiger partial charge in [0.1, 0.15) is 5.75 Å². The number of hydrogen-bond donors (Lipinski definition) is 2. The third kappa shape index (κ3) is 3.48. The molecular weight excluding hydrogens is 344 g/mol. The summed E-state index contributed by atoms with van der Waals surface area (Å²) in [5.41, 5.74) is 0.781. The zero-order valence-electron chi connectivity index (χ0n) is 14.8. The van der Waals surface area contributed by atoms with Gasteiger partial charge in [0.05, 0.1) is 24.0 Å². The summed E-state index contributed by atoms with van der Waals surface area (Å²) < 4.78 is 1.70. The van der Waals surface area contributed by atoms with E-state index in [2.05, 4.69) is 10.4 Å². The fourth-order valence-electron chi connectivity index (χ4n) is 3.41. The Kier molecular flexibility index (Phi) is 4.50. The zero-order chi connectivity index (χ0) is 18.8. The lowest BCUT2D eigenvalue weighted by Gasteiger charge is -2.14. The molecule has 2 heterocycles. The number of rotatable bonds is 5. The number of fused-ring (bicyclic) bond motifs is 1. The molecule has 7 heteroatoms.